The molecule has 0 saturated carbocycles. The Balaban J connectivity index is 1.61. The van der Waals surface area contributed by atoms with Crippen molar-refractivity contribution >= 4 is 23.3 Å². The highest BCUT2D eigenvalue weighted by Crippen LogP contribution is 2.37. The maximum Gasteiger partial charge on any atom is 0.322 e. The van der Waals surface area contributed by atoms with E-state index in [0.717, 1.165) is 28.1 Å². The van der Waals surface area contributed by atoms with Crippen LogP contribution in [0, 0.1) is 6.92 Å². The Morgan fingerprint density at radius 2 is 1.74 bits per heavy atom. The van der Waals surface area contributed by atoms with Crippen molar-refractivity contribution in [2.75, 3.05) is 5.32 Å². The number of nitrogens with one attached hydrogen (secondary N) is 1. The van der Waals surface area contributed by atoms with Gasteiger partial charge in [0.1, 0.15) is 0 Å². The lowest BCUT2D eigenvalue weighted by atomic mass is 10.0. The number of anilines is 1. The summed E-state index contributed by atoms with van der Waals surface area (Å²) in [5.41, 5.74) is 5.96. The zero-order valence-corrected chi connectivity index (χ0v) is 17.9. The minimum absolute atomic E-state index is 0.168. The van der Waals surface area contributed by atoms with E-state index in [1.807, 2.05) is 60.4 Å². The standard InChI is InChI=1S/C26H22ClN3O/c1-18-13-14-21(16-22(18)27)28-26(31)30-17-20-10-5-6-11-23(20)29-15-7-12-24(29)25(30)19-8-3-2-4-9-19/h2-16,25H,17H2,1H3,(H,28,31)/t25-/m1/s1. The van der Waals surface area contributed by atoms with E-state index in [1.54, 1.807) is 6.07 Å². The van der Waals surface area contributed by atoms with Gasteiger partial charge in [-0.05, 0) is 53.9 Å². The zero-order chi connectivity index (χ0) is 21.4. The number of carbonyl (C=O) groups is 1. The summed E-state index contributed by atoms with van der Waals surface area (Å²) in [5.74, 6) is 0. The summed E-state index contributed by atoms with van der Waals surface area (Å²) in [6.07, 6.45) is 2.06. The summed E-state index contributed by atoms with van der Waals surface area (Å²) in [5, 5.41) is 3.69. The van der Waals surface area contributed by atoms with Crippen molar-refractivity contribution in [3.8, 4) is 5.69 Å². The number of aryl methyl sites for hydroxylation is 1. The van der Waals surface area contributed by atoms with E-state index in [9.17, 15) is 4.79 Å². The van der Waals surface area contributed by atoms with Gasteiger partial charge in [-0.25, -0.2) is 4.79 Å². The first-order chi connectivity index (χ1) is 15.1. The van der Waals surface area contributed by atoms with Crippen molar-refractivity contribution < 1.29 is 4.79 Å². The van der Waals surface area contributed by atoms with Crippen LogP contribution in [0.25, 0.3) is 5.69 Å². The van der Waals surface area contributed by atoms with Gasteiger partial charge in [0, 0.05) is 22.6 Å². The smallest absolute Gasteiger partial charge is 0.318 e. The summed E-state index contributed by atoms with van der Waals surface area (Å²) in [6.45, 7) is 2.43. The lowest BCUT2D eigenvalue weighted by molar-refractivity contribution is 0.194. The topological polar surface area (TPSA) is 37.3 Å². The molecular formula is C26H22ClN3O. The highest BCUT2D eigenvalue weighted by molar-refractivity contribution is 6.31. The van der Waals surface area contributed by atoms with Crippen molar-refractivity contribution in [1.29, 1.82) is 0 Å². The van der Waals surface area contributed by atoms with E-state index >= 15 is 0 Å². The average molecular weight is 428 g/mol. The van der Waals surface area contributed by atoms with E-state index in [2.05, 4.69) is 46.4 Å². The Bertz CT molecular complexity index is 1250. The number of nitrogens with zero attached hydrogens (tertiary/aromatic N) is 2. The third kappa shape index (κ3) is 3.60. The molecule has 0 fully saturated rings. The predicted molar refractivity (Wildman–Crippen MR) is 125 cm³/mol. The molecule has 1 N–H and O–H groups in total. The summed E-state index contributed by atoms with van der Waals surface area (Å²) < 4.78 is 2.18. The van der Waals surface area contributed by atoms with Gasteiger partial charge in [-0.2, -0.15) is 0 Å². The van der Waals surface area contributed by atoms with Gasteiger partial charge in [0.15, 0.2) is 0 Å². The third-order valence-electron chi connectivity index (χ3n) is 5.76. The van der Waals surface area contributed by atoms with Gasteiger partial charge in [-0.1, -0.05) is 66.2 Å². The molecule has 0 radical (unpaired) electrons. The number of carbonyl (C=O) groups excluding carboxylic acids is 1. The third-order valence-corrected chi connectivity index (χ3v) is 6.17. The van der Waals surface area contributed by atoms with Crippen LogP contribution in [-0.2, 0) is 6.54 Å². The summed E-state index contributed by atoms with van der Waals surface area (Å²) >= 11 is 6.28. The molecule has 154 valence electrons. The Hall–Kier alpha value is -3.50. The van der Waals surface area contributed by atoms with Gasteiger partial charge in [0.25, 0.3) is 0 Å². The largest absolute Gasteiger partial charge is 0.322 e. The Morgan fingerprint density at radius 3 is 2.55 bits per heavy atom. The number of hydrogen-bond donors (Lipinski definition) is 1. The molecule has 0 saturated heterocycles. The molecule has 1 aliphatic rings. The van der Waals surface area contributed by atoms with Crippen molar-refractivity contribution in [3.63, 3.8) is 0 Å². The first kappa shape index (κ1) is 19.5. The second kappa shape index (κ2) is 7.97. The Kier molecular flexibility index (Phi) is 5.00. The van der Waals surface area contributed by atoms with Crippen molar-refractivity contribution in [2.45, 2.75) is 19.5 Å². The van der Waals surface area contributed by atoms with Gasteiger partial charge in [-0.15, -0.1) is 0 Å². The fraction of sp³-hybridized carbons (Fsp3) is 0.115. The lowest BCUT2D eigenvalue weighted by Crippen LogP contribution is -2.37. The van der Waals surface area contributed by atoms with Gasteiger partial charge in [0.05, 0.1) is 18.3 Å². The number of amides is 2. The van der Waals surface area contributed by atoms with Gasteiger partial charge >= 0.3 is 6.03 Å². The number of para-hydroxylation sites is 1. The molecule has 31 heavy (non-hydrogen) atoms. The van der Waals surface area contributed by atoms with E-state index in [4.69, 9.17) is 11.6 Å². The first-order valence-electron chi connectivity index (χ1n) is 10.3. The summed E-state index contributed by atoms with van der Waals surface area (Å²) in [6, 6.07) is 27.7. The fourth-order valence-electron chi connectivity index (χ4n) is 4.19. The van der Waals surface area contributed by atoms with Gasteiger partial charge < -0.3 is 14.8 Å². The van der Waals surface area contributed by atoms with Gasteiger partial charge in [-0.3, -0.25) is 0 Å². The van der Waals surface area contributed by atoms with E-state index < -0.39 is 0 Å². The molecule has 1 aromatic heterocycles. The molecule has 0 bridgehead atoms. The quantitative estimate of drug-likeness (QED) is 0.385. The monoisotopic (exact) mass is 427 g/mol. The number of benzene rings is 3. The second-order valence-corrected chi connectivity index (χ2v) is 8.17. The molecule has 1 atom stereocenters. The van der Waals surface area contributed by atoms with Crippen molar-refractivity contribution in [2.24, 2.45) is 0 Å². The molecule has 4 aromatic rings. The van der Waals surface area contributed by atoms with E-state index in [0.29, 0.717) is 17.3 Å². The Morgan fingerprint density at radius 1 is 0.968 bits per heavy atom. The van der Waals surface area contributed by atoms with Crippen LogP contribution in [0.2, 0.25) is 5.02 Å². The van der Waals surface area contributed by atoms with Crippen molar-refractivity contribution in [3.05, 3.63) is 119 Å². The molecule has 2 amide bonds. The van der Waals surface area contributed by atoms with Crippen LogP contribution < -0.4 is 5.32 Å². The maximum atomic E-state index is 13.6. The average Bonchev–Trinajstić information content (AvgIpc) is 3.21. The molecule has 5 rings (SSSR count). The molecule has 4 nitrogen and oxygen atoms in total. The number of hydrogen-bond acceptors (Lipinski definition) is 1. The molecule has 0 aliphatic carbocycles. The maximum absolute atomic E-state index is 13.6. The predicted octanol–water partition coefficient (Wildman–Crippen LogP) is 6.58. The fourth-order valence-corrected chi connectivity index (χ4v) is 4.37. The van der Waals surface area contributed by atoms with Crippen LogP contribution in [0.15, 0.2) is 91.1 Å². The molecular weight excluding hydrogens is 406 g/mol. The number of aromatic nitrogens is 1. The molecule has 1 aliphatic heterocycles. The molecule has 5 heteroatoms. The normalized spacial score (nSPS) is 15.0. The molecule has 2 heterocycles. The van der Waals surface area contributed by atoms with Gasteiger partial charge in [0.2, 0.25) is 0 Å². The second-order valence-electron chi connectivity index (χ2n) is 7.77. The number of urea groups is 1. The zero-order valence-electron chi connectivity index (χ0n) is 17.1. The van der Waals surface area contributed by atoms with Crippen LogP contribution in [0.3, 0.4) is 0 Å². The van der Waals surface area contributed by atoms with Crippen LogP contribution in [-0.4, -0.2) is 15.5 Å². The van der Waals surface area contributed by atoms with E-state index in [-0.39, 0.29) is 12.1 Å². The number of rotatable bonds is 2. The SMILES string of the molecule is Cc1ccc(NC(=O)N2Cc3ccccc3-n3cccc3[C@H]2c2ccccc2)cc1Cl. The van der Waals surface area contributed by atoms with Crippen molar-refractivity contribution in [1.82, 2.24) is 9.47 Å². The minimum atomic E-state index is -0.232. The van der Waals surface area contributed by atoms with Crippen LogP contribution in [0.1, 0.15) is 28.4 Å². The highest BCUT2D eigenvalue weighted by Gasteiger charge is 2.32. The molecule has 3 aromatic carbocycles. The van der Waals surface area contributed by atoms with Crippen LogP contribution >= 0.6 is 11.6 Å². The molecule has 0 spiro atoms. The van der Waals surface area contributed by atoms with E-state index in [1.165, 1.54) is 0 Å². The van der Waals surface area contributed by atoms with Crippen LogP contribution in [0.5, 0.6) is 0 Å². The lowest BCUT2D eigenvalue weighted by Gasteiger charge is -2.31. The minimum Gasteiger partial charge on any atom is -0.318 e. The summed E-state index contributed by atoms with van der Waals surface area (Å²) in [7, 11) is 0. The Labute approximate surface area is 186 Å². The highest BCUT2D eigenvalue weighted by atomic mass is 35.5. The number of fused-ring (bicyclic) bond motifs is 3. The molecule has 0 unspecified atom stereocenters. The first-order valence-corrected chi connectivity index (χ1v) is 10.6. The van der Waals surface area contributed by atoms with Crippen LogP contribution in [0.4, 0.5) is 10.5 Å². The summed E-state index contributed by atoms with van der Waals surface area (Å²) in [4.78, 5) is 15.5. The number of halogens is 1.